The highest BCUT2D eigenvalue weighted by Crippen LogP contribution is 2.61. The van der Waals surface area contributed by atoms with Gasteiger partial charge in [0.1, 0.15) is 36.3 Å². The van der Waals surface area contributed by atoms with Gasteiger partial charge in [0.25, 0.3) is 0 Å². The minimum absolute atomic E-state index is 0.0309. The van der Waals surface area contributed by atoms with Gasteiger partial charge in [-0.05, 0) is 25.0 Å². The number of fused-ring (bicyclic) bond motifs is 1. The molecule has 0 bridgehead atoms. The Morgan fingerprint density at radius 2 is 1.66 bits per heavy atom. The number of phosphoric acid groups is 3. The predicted molar refractivity (Wildman–Crippen MR) is 232 cm³/mol. The van der Waals surface area contributed by atoms with Crippen molar-refractivity contribution in [1.82, 2.24) is 30.2 Å². The van der Waals surface area contributed by atoms with E-state index in [1.807, 2.05) is 6.08 Å². The lowest BCUT2D eigenvalue weighted by Gasteiger charge is -2.30. The lowest BCUT2D eigenvalue weighted by atomic mass is 9.87. The Morgan fingerprint density at radius 3 is 2.34 bits per heavy atom. The van der Waals surface area contributed by atoms with E-state index in [4.69, 9.17) is 19.5 Å². The van der Waals surface area contributed by atoms with Crippen LogP contribution in [0.4, 0.5) is 5.82 Å². The summed E-state index contributed by atoms with van der Waals surface area (Å²) in [5.74, 6) is -1.12. The van der Waals surface area contributed by atoms with E-state index in [0.717, 1.165) is 41.8 Å². The second-order valence-electron chi connectivity index (χ2n) is 15.3. The molecular weight excluding hydrogens is 927 g/mol. The first-order valence-corrected chi connectivity index (χ1v) is 26.0. The monoisotopic (exact) mass is 987 g/mol. The van der Waals surface area contributed by atoms with Gasteiger partial charge in [0.05, 0.1) is 19.5 Å². The largest absolute Gasteiger partial charge is 0.481 e. The van der Waals surface area contributed by atoms with Crippen molar-refractivity contribution >= 4 is 69.1 Å². The molecule has 1 aliphatic rings. The molecule has 2 aromatic heterocycles. The van der Waals surface area contributed by atoms with Gasteiger partial charge in [-0.3, -0.25) is 32.5 Å². The molecule has 3 heterocycles. The number of unbranched alkanes of at least 4 members (excludes halogenated alkanes) is 8. The Kier molecular flexibility index (Phi) is 22.9. The molecule has 0 aromatic carbocycles. The molecule has 362 valence electrons. The molecule has 0 aliphatic carbocycles. The van der Waals surface area contributed by atoms with E-state index in [1.165, 1.54) is 58.8 Å². The molecule has 2 unspecified atom stereocenters. The molecule has 2 amide bonds. The number of hydrogen-bond donors (Lipinski definition) is 9. The number of aliphatic hydroxyl groups is 2. The van der Waals surface area contributed by atoms with Crippen LogP contribution in [0.5, 0.6) is 0 Å². The Hall–Kier alpha value is -2.92. The normalized spacial score (nSPS) is 20.2. The number of hydrogen-bond acceptors (Lipinski definition) is 18. The number of nitrogens with one attached hydrogen (secondary N) is 2. The van der Waals surface area contributed by atoms with E-state index in [9.17, 15) is 57.9 Å². The lowest BCUT2D eigenvalue weighted by molar-refractivity contribution is -0.137. The number of nitrogen functional groups attached to an aromatic ring is 1. The van der Waals surface area contributed by atoms with Crippen LogP contribution in [0.2, 0.25) is 0 Å². The number of thioether (sulfide) groups is 1. The minimum Gasteiger partial charge on any atom is -0.386 e. The van der Waals surface area contributed by atoms with Gasteiger partial charge < -0.3 is 50.9 Å². The van der Waals surface area contributed by atoms with Crippen molar-refractivity contribution < 1.29 is 80.5 Å². The lowest BCUT2D eigenvalue weighted by Crippen LogP contribution is -2.46. The van der Waals surface area contributed by atoms with Crippen molar-refractivity contribution in [1.29, 1.82) is 0 Å². The fraction of sp³-hybridized carbons (Fsp3) is 0.694. The summed E-state index contributed by atoms with van der Waals surface area (Å²) in [5, 5.41) is 26.4. The molecule has 10 N–H and O–H groups in total. The second kappa shape index (κ2) is 26.4. The zero-order valence-electron chi connectivity index (χ0n) is 35.8. The summed E-state index contributed by atoms with van der Waals surface area (Å²) >= 11 is 1.07. The average Bonchev–Trinajstić information content (AvgIpc) is 3.78. The number of anilines is 1. The van der Waals surface area contributed by atoms with Gasteiger partial charge in [0.15, 0.2) is 22.8 Å². The van der Waals surface area contributed by atoms with E-state index in [2.05, 4.69) is 47.1 Å². The van der Waals surface area contributed by atoms with Gasteiger partial charge in [0.2, 0.25) is 11.8 Å². The van der Waals surface area contributed by atoms with Gasteiger partial charge in [-0.1, -0.05) is 77.5 Å². The SMILES string of the molecule is CCCCCCCCCCC=C=CCC(=O)SCCNC(=O)CCNC(=O)[C@H](O)C(C)(C)COP(=O)(O)OP(=O)(O)OC[C@H]1O[C@H](n2cnc3c(N)ncnc32)[C@H](O)[C@@H]1OP(=O)(O)O. The fourth-order valence-corrected chi connectivity index (χ4v) is 9.51. The van der Waals surface area contributed by atoms with Crippen LogP contribution in [-0.4, -0.2) is 123 Å². The molecule has 1 fully saturated rings. The fourth-order valence-electron chi connectivity index (χ4n) is 6.04. The van der Waals surface area contributed by atoms with E-state index < -0.39 is 84.6 Å². The van der Waals surface area contributed by atoms with Crippen LogP contribution in [0.25, 0.3) is 11.2 Å². The maximum atomic E-state index is 12.7. The quantitative estimate of drug-likeness (QED) is 0.0308. The molecule has 1 saturated heterocycles. The molecule has 0 spiro atoms. The number of nitrogens with zero attached hydrogens (tertiary/aromatic N) is 4. The summed E-state index contributed by atoms with van der Waals surface area (Å²) in [6.45, 7) is 2.70. The first-order valence-electron chi connectivity index (χ1n) is 20.5. The molecule has 64 heavy (non-hydrogen) atoms. The van der Waals surface area contributed by atoms with Crippen molar-refractivity contribution in [3.05, 3.63) is 30.5 Å². The summed E-state index contributed by atoms with van der Waals surface area (Å²) in [4.78, 5) is 88.1. The minimum atomic E-state index is -5.58. The molecule has 0 radical (unpaired) electrons. The molecule has 1 aliphatic heterocycles. The number of carbonyl (C=O) groups is 3. The summed E-state index contributed by atoms with van der Waals surface area (Å²) in [6, 6.07) is 0. The number of nitrogens with two attached hydrogens (primary N) is 1. The number of amides is 2. The third-order valence-corrected chi connectivity index (χ3v) is 13.5. The number of imidazole rings is 1. The highest BCUT2D eigenvalue weighted by Gasteiger charge is 2.50. The van der Waals surface area contributed by atoms with Crippen LogP contribution in [0.1, 0.15) is 97.6 Å². The zero-order chi connectivity index (χ0) is 47.6. The molecule has 24 nitrogen and oxygen atoms in total. The highest BCUT2D eigenvalue weighted by molar-refractivity contribution is 8.13. The zero-order valence-corrected chi connectivity index (χ0v) is 39.3. The maximum absolute atomic E-state index is 12.7. The molecular formula is C36H60N7O17P3S. The maximum Gasteiger partial charge on any atom is 0.481 e. The summed E-state index contributed by atoms with van der Waals surface area (Å²) in [5.41, 5.74) is 7.31. The van der Waals surface area contributed by atoms with E-state index in [-0.39, 0.29) is 48.0 Å². The van der Waals surface area contributed by atoms with Gasteiger partial charge in [-0.15, -0.1) is 5.73 Å². The van der Waals surface area contributed by atoms with Crippen LogP contribution < -0.4 is 16.4 Å². The third-order valence-electron chi connectivity index (χ3n) is 9.47. The van der Waals surface area contributed by atoms with Gasteiger partial charge in [-0.25, -0.2) is 28.6 Å². The molecule has 3 rings (SSSR count). The van der Waals surface area contributed by atoms with Crippen LogP contribution in [0.15, 0.2) is 30.5 Å². The smallest absolute Gasteiger partial charge is 0.386 e. The number of aliphatic hydroxyl groups excluding tert-OH is 2. The first-order chi connectivity index (χ1) is 30.1. The Bertz CT molecular complexity index is 2050. The number of rotatable bonds is 30. The molecule has 2 aromatic rings. The van der Waals surface area contributed by atoms with Gasteiger partial charge >= 0.3 is 23.5 Å². The second-order valence-corrected chi connectivity index (χ2v) is 20.7. The number of carbonyl (C=O) groups excluding carboxylic acids is 3. The summed E-state index contributed by atoms with van der Waals surface area (Å²) in [6.07, 6.45) is 7.78. The number of ether oxygens (including phenoxy) is 1. The number of phosphoric ester groups is 3. The van der Waals surface area contributed by atoms with Crippen molar-refractivity contribution in [3.63, 3.8) is 0 Å². The first kappa shape index (κ1) is 55.4. The van der Waals surface area contributed by atoms with Crippen LogP contribution >= 0.6 is 35.2 Å². The molecule has 28 heteroatoms. The number of allylic oxidation sites excluding steroid dienone is 1. The van der Waals surface area contributed by atoms with Crippen molar-refractivity contribution in [2.75, 3.05) is 37.8 Å². The van der Waals surface area contributed by atoms with Gasteiger partial charge in [0, 0.05) is 37.1 Å². The van der Waals surface area contributed by atoms with E-state index >= 15 is 0 Å². The van der Waals surface area contributed by atoms with Crippen molar-refractivity contribution in [3.8, 4) is 0 Å². The van der Waals surface area contributed by atoms with E-state index in [0.29, 0.717) is 5.75 Å². The van der Waals surface area contributed by atoms with Crippen molar-refractivity contribution in [2.24, 2.45) is 5.41 Å². The predicted octanol–water partition coefficient (Wildman–Crippen LogP) is 3.30. The van der Waals surface area contributed by atoms with Crippen molar-refractivity contribution in [2.45, 2.75) is 122 Å². The number of aromatic nitrogens is 4. The molecule has 7 atom stereocenters. The average molecular weight is 988 g/mol. The summed E-state index contributed by atoms with van der Waals surface area (Å²) in [7, 11) is -16.4. The standard InChI is InChI=1S/C36H60N7O17P3S/c1-4-5-6-7-8-9-10-11-12-13-14-15-16-27(45)64-20-19-38-26(44)17-18-39-34(48)31(47)36(2,3)22-57-63(54,55)60-62(52,53)56-21-25-30(59-61(49,50)51)29(46)35(58-25)43-24-42-28-32(37)40-23-41-33(28)43/h13,15,23-25,29-31,35,46-47H,4-12,16-22H2,1-3H3,(H,38,44)(H,39,48)(H,52,53)(H,54,55)(H2,37,40,41)(H2,49,50,51)/t14?,25-,29-,30-,31+,35+/m1/s1. The third kappa shape index (κ3) is 19.5. The Morgan fingerprint density at radius 1 is 0.984 bits per heavy atom. The van der Waals surface area contributed by atoms with Crippen LogP contribution in [-0.2, 0) is 50.7 Å². The Balaban J connectivity index is 1.36. The topological polar surface area (TPSA) is 364 Å². The van der Waals surface area contributed by atoms with Crippen LogP contribution in [0, 0.1) is 5.41 Å². The molecule has 0 saturated carbocycles. The highest BCUT2D eigenvalue weighted by atomic mass is 32.2. The van der Waals surface area contributed by atoms with Crippen LogP contribution in [0.3, 0.4) is 0 Å². The van der Waals surface area contributed by atoms with E-state index in [1.54, 1.807) is 6.08 Å². The Labute approximate surface area is 374 Å². The summed E-state index contributed by atoms with van der Waals surface area (Å²) < 4.78 is 62.3. The van der Waals surface area contributed by atoms with Gasteiger partial charge in [-0.2, -0.15) is 4.31 Å².